The zero-order valence-corrected chi connectivity index (χ0v) is 11.3. The van der Waals surface area contributed by atoms with Gasteiger partial charge in [-0.2, -0.15) is 8.42 Å². The van der Waals surface area contributed by atoms with Crippen LogP contribution in [0.2, 0.25) is 0 Å². The minimum Gasteiger partial charge on any atom is -0.398 e. The van der Waals surface area contributed by atoms with Gasteiger partial charge in [0.1, 0.15) is 0 Å². The van der Waals surface area contributed by atoms with E-state index >= 15 is 0 Å². The van der Waals surface area contributed by atoms with E-state index in [-0.39, 0.29) is 30.1 Å². The monoisotopic (exact) mass is 269 g/mol. The molecule has 0 amide bonds. The van der Waals surface area contributed by atoms with Crippen LogP contribution in [-0.2, 0) is 29.6 Å². The van der Waals surface area contributed by atoms with Crippen molar-refractivity contribution in [3.63, 3.8) is 0 Å². The smallest absolute Gasteiger partial charge is 0.294 e. The van der Waals surface area contributed by atoms with Crippen molar-refractivity contribution in [1.29, 1.82) is 0 Å². The van der Waals surface area contributed by atoms with Gasteiger partial charge in [-0.3, -0.25) is 4.55 Å². The molecule has 7 heteroatoms. The molecule has 68 valence electrons. The third-order valence-corrected chi connectivity index (χ3v) is 2.55. The molecular formula is C6H7NO3S2Zn. The number of benzene rings is 1. The molecule has 0 spiro atoms. The fraction of sp³-hybridized carbons (Fsp3) is 0. The molecule has 0 unspecified atom stereocenters. The third-order valence-electron chi connectivity index (χ3n) is 1.30. The quantitative estimate of drug-likeness (QED) is 0.305. The van der Waals surface area contributed by atoms with E-state index in [9.17, 15) is 8.42 Å². The molecule has 0 atom stereocenters. The Balaban J connectivity index is 0.00000144. The van der Waals surface area contributed by atoms with Crippen LogP contribution in [0.1, 0.15) is 0 Å². The van der Waals surface area contributed by atoms with Gasteiger partial charge in [-0.1, -0.05) is 0 Å². The number of rotatable bonds is 1. The first-order valence-electron chi connectivity index (χ1n) is 2.97. The van der Waals surface area contributed by atoms with Crippen LogP contribution in [0, 0.1) is 0 Å². The first-order valence-corrected chi connectivity index (χ1v) is 4.86. The summed E-state index contributed by atoms with van der Waals surface area (Å²) in [5, 5.41) is 0. The Bertz CT molecular complexity index is 404. The fourth-order valence-corrected chi connectivity index (χ4v) is 1.35. The zero-order valence-electron chi connectivity index (χ0n) is 6.64. The largest absolute Gasteiger partial charge is 0.398 e. The molecule has 1 aromatic carbocycles. The fourth-order valence-electron chi connectivity index (χ4n) is 0.693. The predicted octanol–water partition coefficient (Wildman–Crippen LogP) is 0.802. The Labute approximate surface area is 94.4 Å². The maximum Gasteiger partial charge on any atom is 0.294 e. The van der Waals surface area contributed by atoms with E-state index in [4.69, 9.17) is 10.3 Å². The number of hydrogen-bond donors (Lipinski definition) is 3. The summed E-state index contributed by atoms with van der Waals surface area (Å²) < 4.78 is 29.7. The molecule has 0 aliphatic heterocycles. The van der Waals surface area contributed by atoms with Crippen LogP contribution < -0.4 is 5.73 Å². The molecule has 0 heterocycles. The molecule has 0 bridgehead atoms. The zero-order chi connectivity index (χ0) is 9.35. The Kier molecular flexibility index (Phi) is 4.38. The van der Waals surface area contributed by atoms with Crippen molar-refractivity contribution in [2.45, 2.75) is 9.79 Å². The van der Waals surface area contributed by atoms with E-state index in [1.54, 1.807) is 0 Å². The SMILES string of the molecule is Nc1cc(S(=O)(=O)O)ccc1S.[Zn]. The van der Waals surface area contributed by atoms with Gasteiger partial charge >= 0.3 is 0 Å². The first kappa shape index (κ1) is 12.9. The molecular weight excluding hydrogens is 264 g/mol. The van der Waals surface area contributed by atoms with Crippen LogP contribution in [0.5, 0.6) is 0 Å². The minimum atomic E-state index is -4.16. The molecule has 4 nitrogen and oxygen atoms in total. The molecule has 0 aliphatic carbocycles. The number of thiol groups is 1. The van der Waals surface area contributed by atoms with Gasteiger partial charge in [0.15, 0.2) is 0 Å². The summed E-state index contributed by atoms with van der Waals surface area (Å²) >= 11 is 3.94. The van der Waals surface area contributed by atoms with Gasteiger partial charge in [0.2, 0.25) is 0 Å². The molecule has 0 saturated carbocycles. The van der Waals surface area contributed by atoms with Gasteiger partial charge in [-0.25, -0.2) is 0 Å². The molecule has 0 fully saturated rings. The van der Waals surface area contributed by atoms with Crippen molar-refractivity contribution >= 4 is 28.4 Å². The average Bonchev–Trinajstić information content (AvgIpc) is 1.92. The standard InChI is InChI=1S/C6H7NO3S2.Zn/c7-5-3-4(12(8,9)10)1-2-6(5)11;/h1-3,11H,7H2,(H,8,9,10);. The van der Waals surface area contributed by atoms with Crippen LogP contribution in [0.25, 0.3) is 0 Å². The second kappa shape index (κ2) is 4.41. The van der Waals surface area contributed by atoms with Crippen LogP contribution in [0.4, 0.5) is 5.69 Å². The van der Waals surface area contributed by atoms with E-state index in [1.165, 1.54) is 12.1 Å². The first-order chi connectivity index (χ1) is 5.41. The summed E-state index contributed by atoms with van der Waals surface area (Å²) in [4.78, 5) is 0.250. The second-order valence-electron chi connectivity index (χ2n) is 2.20. The molecule has 1 rings (SSSR count). The molecule has 13 heavy (non-hydrogen) atoms. The number of anilines is 1. The Morgan fingerprint density at radius 1 is 1.38 bits per heavy atom. The third kappa shape index (κ3) is 3.27. The maximum atomic E-state index is 10.6. The van der Waals surface area contributed by atoms with E-state index < -0.39 is 10.1 Å². The van der Waals surface area contributed by atoms with Crippen molar-refractivity contribution < 1.29 is 32.4 Å². The van der Waals surface area contributed by atoms with Crippen molar-refractivity contribution in [2.75, 3.05) is 5.73 Å². The Morgan fingerprint density at radius 2 is 1.92 bits per heavy atom. The summed E-state index contributed by atoms with van der Waals surface area (Å²) in [6.07, 6.45) is 0. The number of hydrogen-bond acceptors (Lipinski definition) is 4. The Morgan fingerprint density at radius 3 is 2.31 bits per heavy atom. The van der Waals surface area contributed by atoms with Crippen molar-refractivity contribution in [3.8, 4) is 0 Å². The Hall–Kier alpha value is -0.0966. The van der Waals surface area contributed by atoms with E-state index in [0.717, 1.165) is 6.07 Å². The topological polar surface area (TPSA) is 80.4 Å². The van der Waals surface area contributed by atoms with Crippen LogP contribution in [0.3, 0.4) is 0 Å². The molecule has 0 aromatic heterocycles. The van der Waals surface area contributed by atoms with Gasteiger partial charge in [-0.15, -0.1) is 12.6 Å². The summed E-state index contributed by atoms with van der Waals surface area (Å²) in [5.41, 5.74) is 5.58. The summed E-state index contributed by atoms with van der Waals surface area (Å²) in [5.74, 6) is 0. The number of nitrogen functional groups attached to an aromatic ring is 1. The van der Waals surface area contributed by atoms with E-state index in [2.05, 4.69) is 12.6 Å². The van der Waals surface area contributed by atoms with E-state index in [0.29, 0.717) is 4.90 Å². The van der Waals surface area contributed by atoms with Gasteiger partial charge in [-0.05, 0) is 18.2 Å². The van der Waals surface area contributed by atoms with Crippen LogP contribution in [0.15, 0.2) is 28.0 Å². The second-order valence-corrected chi connectivity index (χ2v) is 4.10. The van der Waals surface area contributed by atoms with E-state index in [1.807, 2.05) is 0 Å². The van der Waals surface area contributed by atoms with Gasteiger partial charge in [0.25, 0.3) is 10.1 Å². The molecule has 0 aliphatic rings. The van der Waals surface area contributed by atoms with Crippen LogP contribution >= 0.6 is 12.6 Å². The van der Waals surface area contributed by atoms with Gasteiger partial charge in [0, 0.05) is 30.1 Å². The number of nitrogens with two attached hydrogens (primary N) is 1. The van der Waals surface area contributed by atoms with Gasteiger partial charge in [0.05, 0.1) is 4.90 Å². The maximum absolute atomic E-state index is 10.6. The summed E-state index contributed by atoms with van der Waals surface area (Å²) in [7, 11) is -4.16. The van der Waals surface area contributed by atoms with Crippen molar-refractivity contribution in [2.24, 2.45) is 0 Å². The normalized spacial score (nSPS) is 10.6. The molecule has 0 saturated heterocycles. The summed E-state index contributed by atoms with van der Waals surface area (Å²) in [6, 6.07) is 3.78. The minimum absolute atomic E-state index is 0. The summed E-state index contributed by atoms with van der Waals surface area (Å²) in [6.45, 7) is 0. The average molecular weight is 271 g/mol. The predicted molar refractivity (Wildman–Crippen MR) is 47.9 cm³/mol. The van der Waals surface area contributed by atoms with Crippen molar-refractivity contribution in [3.05, 3.63) is 18.2 Å². The van der Waals surface area contributed by atoms with Gasteiger partial charge < -0.3 is 5.73 Å². The van der Waals surface area contributed by atoms with Crippen LogP contribution in [-0.4, -0.2) is 13.0 Å². The molecule has 0 radical (unpaired) electrons. The molecule has 3 N–H and O–H groups in total. The van der Waals surface area contributed by atoms with Crippen molar-refractivity contribution in [1.82, 2.24) is 0 Å². The molecule has 1 aromatic rings.